The van der Waals surface area contributed by atoms with Gasteiger partial charge in [0.25, 0.3) is 5.91 Å². The molecule has 0 bridgehead atoms. The molecular weight excluding hydrogens is 460 g/mol. The number of imide groups is 1. The number of nitrogens with one attached hydrogen (secondary N) is 2. The number of rotatable bonds is 7. The highest BCUT2D eigenvalue weighted by atomic mass is 19.2. The second-order valence-corrected chi connectivity index (χ2v) is 8.47. The van der Waals surface area contributed by atoms with Crippen LogP contribution in [0.1, 0.15) is 34.8 Å². The van der Waals surface area contributed by atoms with E-state index in [0.29, 0.717) is 12.1 Å². The van der Waals surface area contributed by atoms with Crippen molar-refractivity contribution in [1.82, 2.24) is 15.5 Å². The average molecular weight is 488 g/mol. The average Bonchev–Trinajstić information content (AvgIpc) is 3.25. The first-order valence-electron chi connectivity index (χ1n) is 11.4. The molecule has 0 spiro atoms. The minimum absolute atomic E-state index is 0.132. The summed E-state index contributed by atoms with van der Waals surface area (Å²) in [6, 6.07) is 9.23. The van der Waals surface area contributed by atoms with Crippen molar-refractivity contribution in [3.63, 3.8) is 0 Å². The van der Waals surface area contributed by atoms with Gasteiger partial charge in [0.15, 0.2) is 11.6 Å². The van der Waals surface area contributed by atoms with Crippen LogP contribution in [0.4, 0.5) is 24.1 Å². The second-order valence-electron chi connectivity index (χ2n) is 8.47. The smallest absolute Gasteiger partial charge is 0.418 e. The normalized spacial score (nSPS) is 18.5. The molecule has 2 saturated heterocycles. The Bertz CT molecular complexity index is 1110. The van der Waals surface area contributed by atoms with E-state index in [1.165, 1.54) is 6.07 Å². The molecule has 4 amide bonds. The summed E-state index contributed by atoms with van der Waals surface area (Å²) >= 11 is 0. The molecule has 1 atom stereocenters. The third-order valence-electron chi connectivity index (χ3n) is 6.26. The number of amides is 4. The van der Waals surface area contributed by atoms with E-state index in [4.69, 9.17) is 10.5 Å². The molecule has 2 aromatic carbocycles. The summed E-state index contributed by atoms with van der Waals surface area (Å²) in [6.45, 7) is 2.12. The van der Waals surface area contributed by atoms with Crippen molar-refractivity contribution in [3.8, 4) is 0 Å². The molecule has 11 heteroatoms. The van der Waals surface area contributed by atoms with Crippen molar-refractivity contribution in [2.24, 2.45) is 5.73 Å². The monoisotopic (exact) mass is 487 g/mol. The molecule has 9 nitrogen and oxygen atoms in total. The number of piperidine rings is 1. The number of nitrogens with two attached hydrogens (primary N) is 1. The zero-order valence-corrected chi connectivity index (χ0v) is 19.0. The predicted molar refractivity (Wildman–Crippen MR) is 124 cm³/mol. The van der Waals surface area contributed by atoms with Crippen LogP contribution >= 0.6 is 0 Å². The number of anilines is 1. The van der Waals surface area contributed by atoms with Crippen molar-refractivity contribution in [2.45, 2.75) is 24.9 Å². The Morgan fingerprint density at radius 3 is 2.51 bits per heavy atom. The number of nitrogens with zero attached hydrogens (tertiary/aromatic N) is 2. The maximum absolute atomic E-state index is 13.6. The van der Waals surface area contributed by atoms with Crippen molar-refractivity contribution >= 4 is 23.7 Å². The van der Waals surface area contributed by atoms with Gasteiger partial charge in [0, 0.05) is 37.9 Å². The third-order valence-corrected chi connectivity index (χ3v) is 6.26. The number of carbonyl (C=O) groups is 3. The fourth-order valence-corrected chi connectivity index (χ4v) is 4.42. The molecule has 2 aromatic rings. The number of para-hydroxylation sites is 1. The molecule has 2 heterocycles. The Labute approximate surface area is 201 Å². The van der Waals surface area contributed by atoms with Gasteiger partial charge >= 0.3 is 12.1 Å². The topological polar surface area (TPSA) is 117 Å². The van der Waals surface area contributed by atoms with E-state index >= 15 is 0 Å². The standard InChI is InChI=1S/C24H27F2N5O4/c25-18-6-5-15(13-19(18)26)21-14-35-24(34)31(21)23(33)29-10-9-28-16-7-11-30(12-8-16)20-4-2-1-3-17(20)22(27)32/h1-6,13,16,21,28H,7-12,14H2,(H2,27,32)(H,29,33). The van der Waals surface area contributed by atoms with E-state index in [2.05, 4.69) is 15.5 Å². The first kappa shape index (κ1) is 24.4. The van der Waals surface area contributed by atoms with Crippen molar-refractivity contribution in [1.29, 1.82) is 0 Å². The van der Waals surface area contributed by atoms with E-state index in [1.807, 2.05) is 12.1 Å². The summed E-state index contributed by atoms with van der Waals surface area (Å²) in [5, 5.41) is 6.05. The second kappa shape index (κ2) is 10.7. The summed E-state index contributed by atoms with van der Waals surface area (Å²) in [7, 11) is 0. The van der Waals surface area contributed by atoms with Crippen LogP contribution in [0.3, 0.4) is 0 Å². The molecule has 0 radical (unpaired) electrons. The molecule has 1 unspecified atom stereocenters. The molecule has 4 rings (SSSR count). The van der Waals surface area contributed by atoms with Crippen LogP contribution in [0.5, 0.6) is 0 Å². The Morgan fingerprint density at radius 1 is 1.06 bits per heavy atom. The van der Waals surface area contributed by atoms with Crippen LogP contribution in [0.25, 0.3) is 0 Å². The molecule has 2 fully saturated rings. The molecular formula is C24H27F2N5O4. The molecule has 2 aliphatic rings. The summed E-state index contributed by atoms with van der Waals surface area (Å²) in [5.74, 6) is -2.52. The molecule has 4 N–H and O–H groups in total. The SMILES string of the molecule is NC(=O)c1ccccc1N1CCC(NCCNC(=O)N2C(=O)OCC2c2ccc(F)c(F)c2)CC1. The van der Waals surface area contributed by atoms with Crippen LogP contribution in [0, 0.1) is 11.6 Å². The minimum atomic E-state index is -1.06. The van der Waals surface area contributed by atoms with Gasteiger partial charge in [0.2, 0.25) is 0 Å². The fourth-order valence-electron chi connectivity index (χ4n) is 4.42. The number of carbonyl (C=O) groups excluding carboxylic acids is 3. The van der Waals surface area contributed by atoms with Crippen LogP contribution in [0.2, 0.25) is 0 Å². The van der Waals surface area contributed by atoms with Crippen LogP contribution in [0.15, 0.2) is 42.5 Å². The van der Waals surface area contributed by atoms with E-state index < -0.39 is 35.7 Å². The Hall–Kier alpha value is -3.73. The van der Waals surface area contributed by atoms with Crippen molar-refractivity contribution in [3.05, 3.63) is 65.2 Å². The summed E-state index contributed by atoms with van der Waals surface area (Å²) in [6.07, 6.45) is 0.851. The molecule has 186 valence electrons. The van der Waals surface area contributed by atoms with Gasteiger partial charge in [-0.05, 0) is 42.7 Å². The molecule has 0 aromatic heterocycles. The van der Waals surface area contributed by atoms with Crippen molar-refractivity contribution < 1.29 is 27.9 Å². The molecule has 2 aliphatic heterocycles. The number of cyclic esters (lactones) is 1. The van der Waals surface area contributed by atoms with Gasteiger partial charge in [-0.2, -0.15) is 0 Å². The quantitative estimate of drug-likeness (QED) is 0.517. The lowest BCUT2D eigenvalue weighted by Crippen LogP contribution is -2.47. The van der Waals surface area contributed by atoms with Gasteiger partial charge in [-0.25, -0.2) is 23.3 Å². The van der Waals surface area contributed by atoms with Gasteiger partial charge in [0.05, 0.1) is 5.56 Å². The Kier molecular flexibility index (Phi) is 7.45. The highest BCUT2D eigenvalue weighted by Gasteiger charge is 2.39. The highest BCUT2D eigenvalue weighted by Crippen LogP contribution is 2.29. The van der Waals surface area contributed by atoms with Gasteiger partial charge in [-0.3, -0.25) is 4.79 Å². The first-order valence-corrected chi connectivity index (χ1v) is 11.4. The number of ether oxygens (including phenoxy) is 1. The number of primary amides is 1. The van der Waals surface area contributed by atoms with Crippen molar-refractivity contribution in [2.75, 3.05) is 37.7 Å². The summed E-state index contributed by atoms with van der Waals surface area (Å²) in [5.41, 5.74) is 7.09. The number of hydrogen-bond acceptors (Lipinski definition) is 6. The molecule has 35 heavy (non-hydrogen) atoms. The molecule has 0 aliphatic carbocycles. The maximum atomic E-state index is 13.6. The Balaban J connectivity index is 1.23. The van der Waals surface area contributed by atoms with Crippen LogP contribution in [-0.4, -0.2) is 61.8 Å². The summed E-state index contributed by atoms with van der Waals surface area (Å²) < 4.78 is 31.8. The lowest BCUT2D eigenvalue weighted by atomic mass is 10.0. The highest BCUT2D eigenvalue weighted by molar-refractivity contribution is 5.98. The van der Waals surface area contributed by atoms with Gasteiger partial charge in [0.1, 0.15) is 12.6 Å². The number of halogens is 2. The number of urea groups is 1. The largest absolute Gasteiger partial charge is 0.446 e. The fraction of sp³-hybridized carbons (Fsp3) is 0.375. The van der Waals surface area contributed by atoms with Gasteiger partial charge < -0.3 is 26.0 Å². The summed E-state index contributed by atoms with van der Waals surface area (Å²) in [4.78, 5) is 39.4. The predicted octanol–water partition coefficient (Wildman–Crippen LogP) is 2.53. The maximum Gasteiger partial charge on any atom is 0.418 e. The minimum Gasteiger partial charge on any atom is -0.446 e. The van der Waals surface area contributed by atoms with Crippen LogP contribution < -0.4 is 21.3 Å². The van der Waals surface area contributed by atoms with E-state index in [-0.39, 0.29) is 24.8 Å². The van der Waals surface area contributed by atoms with E-state index in [1.54, 1.807) is 12.1 Å². The van der Waals surface area contributed by atoms with E-state index in [0.717, 1.165) is 48.7 Å². The van der Waals surface area contributed by atoms with E-state index in [9.17, 15) is 23.2 Å². The number of benzene rings is 2. The lowest BCUT2D eigenvalue weighted by molar-refractivity contribution is 0.100. The number of hydrogen-bond donors (Lipinski definition) is 3. The zero-order valence-electron chi connectivity index (χ0n) is 19.0. The van der Waals surface area contributed by atoms with Crippen LogP contribution in [-0.2, 0) is 4.74 Å². The Morgan fingerprint density at radius 2 is 1.80 bits per heavy atom. The zero-order chi connectivity index (χ0) is 24.9. The molecule has 0 saturated carbocycles. The third kappa shape index (κ3) is 5.51. The lowest BCUT2D eigenvalue weighted by Gasteiger charge is -2.35. The first-order chi connectivity index (χ1) is 16.8. The van der Waals surface area contributed by atoms with Gasteiger partial charge in [-0.15, -0.1) is 0 Å². The van der Waals surface area contributed by atoms with Gasteiger partial charge in [-0.1, -0.05) is 18.2 Å².